The molecular formula is C100H165N2O19P. The molecule has 3 aromatic carbocycles. The van der Waals surface area contributed by atoms with Gasteiger partial charge < -0.3 is 57.9 Å². The molecule has 9 atom stereocenters. The lowest BCUT2D eigenvalue weighted by atomic mass is 9.95. The molecule has 1 fully saturated rings. The third kappa shape index (κ3) is 53.2. The number of esters is 5. The highest BCUT2D eigenvalue weighted by Crippen LogP contribution is 2.53. The molecule has 0 spiro atoms. The van der Waals surface area contributed by atoms with E-state index in [1.165, 1.54) is 75.6 Å². The van der Waals surface area contributed by atoms with Crippen LogP contribution in [0.2, 0.25) is 0 Å². The number of ether oxygens (including phenoxy) is 7. The molecule has 0 aromatic heterocycles. The van der Waals surface area contributed by atoms with Crippen LogP contribution in [0.1, 0.15) is 413 Å². The van der Waals surface area contributed by atoms with Gasteiger partial charge in [0.1, 0.15) is 54.7 Å². The Labute approximate surface area is 736 Å². The van der Waals surface area contributed by atoms with Crippen molar-refractivity contribution < 1.29 is 90.0 Å². The van der Waals surface area contributed by atoms with Crippen molar-refractivity contribution in [3.8, 4) is 11.5 Å². The van der Waals surface area contributed by atoms with Crippen molar-refractivity contribution in [1.29, 1.82) is 0 Å². The fourth-order valence-electron chi connectivity index (χ4n) is 15.6. The van der Waals surface area contributed by atoms with E-state index >= 15 is 14.2 Å². The number of benzene rings is 3. The number of hydrogen-bond donors (Lipinski definition) is 3. The number of aliphatic hydroxyl groups excluding tert-OH is 1. The van der Waals surface area contributed by atoms with Gasteiger partial charge in [-0.05, 0) is 87.6 Å². The number of para-hydroxylation sites is 2. The van der Waals surface area contributed by atoms with E-state index < -0.39 is 131 Å². The molecule has 3 aromatic rings. The number of nitrogens with one attached hydrogen (secondary N) is 2. The Kier molecular flexibility index (Phi) is 63.5. The van der Waals surface area contributed by atoms with Gasteiger partial charge in [-0.1, -0.05) is 378 Å². The predicted molar refractivity (Wildman–Crippen MR) is 485 cm³/mol. The van der Waals surface area contributed by atoms with Crippen LogP contribution in [0.3, 0.4) is 0 Å². The number of unbranched alkanes of at least 4 members (excludes halogenated alkanes) is 42. The van der Waals surface area contributed by atoms with Gasteiger partial charge in [-0.2, -0.15) is 0 Å². The van der Waals surface area contributed by atoms with Crippen LogP contribution in [0.4, 0.5) is 0 Å². The lowest BCUT2D eigenvalue weighted by Crippen LogP contribution is -2.67. The number of carbonyl (C=O) groups excluding carboxylic acids is 7. The smallest absolute Gasteiger partial charge is 0.462 e. The Morgan fingerprint density at radius 3 is 1.08 bits per heavy atom. The number of phosphoric acid groups is 1. The van der Waals surface area contributed by atoms with Crippen LogP contribution in [0.5, 0.6) is 11.5 Å². The fourth-order valence-corrected chi connectivity index (χ4v) is 17.0. The van der Waals surface area contributed by atoms with Crippen molar-refractivity contribution in [3.63, 3.8) is 0 Å². The molecule has 1 saturated heterocycles. The second kappa shape index (κ2) is 71.7. The van der Waals surface area contributed by atoms with Crippen molar-refractivity contribution in [2.24, 2.45) is 0 Å². The van der Waals surface area contributed by atoms with Gasteiger partial charge in [-0.3, -0.25) is 33.3 Å². The van der Waals surface area contributed by atoms with Crippen molar-refractivity contribution in [2.75, 3.05) is 13.2 Å². The first kappa shape index (κ1) is 108. The van der Waals surface area contributed by atoms with Crippen LogP contribution in [0.15, 0.2) is 91.0 Å². The molecule has 0 unspecified atom stereocenters. The van der Waals surface area contributed by atoms with E-state index in [2.05, 4.69) is 52.2 Å². The minimum atomic E-state index is -5.08. The molecular weight excluding hydrogens is 1560 g/mol. The quantitative estimate of drug-likeness (QED) is 0.0205. The minimum Gasteiger partial charge on any atom is -0.462 e. The molecule has 21 nitrogen and oxygen atoms in total. The third-order valence-corrected chi connectivity index (χ3v) is 24.2. The molecule has 1 aliphatic rings. The zero-order chi connectivity index (χ0) is 88.0. The maximum Gasteiger partial charge on any atom is 0.588 e. The Morgan fingerprint density at radius 2 is 0.721 bits per heavy atom. The summed E-state index contributed by atoms with van der Waals surface area (Å²) in [5.41, 5.74) is 0.642. The molecule has 1 aliphatic heterocycles. The van der Waals surface area contributed by atoms with E-state index in [9.17, 15) is 29.1 Å². The van der Waals surface area contributed by atoms with Gasteiger partial charge in [0.2, 0.25) is 11.8 Å². The maximum atomic E-state index is 15.9. The first-order valence-electron chi connectivity index (χ1n) is 48.8. The predicted octanol–water partition coefficient (Wildman–Crippen LogP) is 25.1. The maximum absolute atomic E-state index is 15.9. The monoisotopic (exact) mass is 1730 g/mol. The molecule has 2 amide bonds. The average Bonchev–Trinajstić information content (AvgIpc) is 0.771. The zero-order valence-electron chi connectivity index (χ0n) is 76.5. The van der Waals surface area contributed by atoms with Crippen molar-refractivity contribution in [2.45, 2.75) is 469 Å². The number of hydrogen-bond acceptors (Lipinski definition) is 19. The normalized spacial score (nSPS) is 16.2. The second-order valence-corrected chi connectivity index (χ2v) is 35.5. The topological polar surface area (TPSA) is 273 Å². The van der Waals surface area contributed by atoms with Crippen LogP contribution in [-0.2, 0) is 82.4 Å². The standard InChI is InChI=1S/C100H165N2O19P/c1-7-13-19-25-31-34-40-43-54-70-85(114-92(106)73-61-46-37-28-22-16-10-4)76-90(104)101-88(99(110)112-80-82-64-52-49-53-65-82)81-113-100-96(102-91(105)77-86(71-55-44-41-35-32-26-20-14-8-2)115-93(107)74-62-47-38-29-23-17-11-5)98(97(89(79-103)117-100)121-122(111,119-83-66-57-50-58-67-83)120-84-68-59-51-60-69-84)118-95(109)78-87(72-56-45-42-36-33-27-21-15-9-3)116-94(108)75-63-48-39-30-24-18-12-6/h49-53,57-60,64-69,85-89,96-98,100,103H,7-48,54-56,61-63,70-81H2,1-6H3,(H,101,104)(H,102,105)/t85-,86-,87-,88+,89-,96-,97-,98-,100-/m1/s1. The fraction of sp³-hybridized carbons (Fsp3) is 0.750. The van der Waals surface area contributed by atoms with E-state index in [1.54, 1.807) is 60.7 Å². The largest absolute Gasteiger partial charge is 0.588 e. The second-order valence-electron chi connectivity index (χ2n) is 34.1. The minimum absolute atomic E-state index is 0.0459. The van der Waals surface area contributed by atoms with Crippen molar-refractivity contribution >= 4 is 49.5 Å². The van der Waals surface area contributed by atoms with Crippen LogP contribution in [0, 0.1) is 0 Å². The van der Waals surface area contributed by atoms with Gasteiger partial charge >= 0.3 is 37.7 Å². The van der Waals surface area contributed by atoms with Gasteiger partial charge in [0.05, 0.1) is 32.5 Å². The lowest BCUT2D eigenvalue weighted by Gasteiger charge is -2.45. The Bertz CT molecular complexity index is 3120. The van der Waals surface area contributed by atoms with Gasteiger partial charge in [-0.25, -0.2) is 9.36 Å². The number of aliphatic hydroxyl groups is 1. The van der Waals surface area contributed by atoms with Crippen LogP contribution in [-0.4, -0.2) is 115 Å². The summed E-state index contributed by atoms with van der Waals surface area (Å²) in [4.78, 5) is 103. The summed E-state index contributed by atoms with van der Waals surface area (Å²) in [5.74, 6) is -4.48. The zero-order valence-corrected chi connectivity index (χ0v) is 77.4. The van der Waals surface area contributed by atoms with Crippen molar-refractivity contribution in [1.82, 2.24) is 10.6 Å². The van der Waals surface area contributed by atoms with E-state index in [-0.39, 0.29) is 43.8 Å². The third-order valence-electron chi connectivity index (χ3n) is 22.8. The molecule has 0 saturated carbocycles. The highest BCUT2D eigenvalue weighted by Gasteiger charge is 2.54. The summed E-state index contributed by atoms with van der Waals surface area (Å²) >= 11 is 0. The van der Waals surface area contributed by atoms with E-state index in [0.717, 1.165) is 218 Å². The van der Waals surface area contributed by atoms with Gasteiger partial charge in [0.25, 0.3) is 0 Å². The highest BCUT2D eigenvalue weighted by molar-refractivity contribution is 7.49. The summed E-state index contributed by atoms with van der Waals surface area (Å²) in [6.07, 6.45) is 39.1. The summed E-state index contributed by atoms with van der Waals surface area (Å²) < 4.78 is 79.9. The molecule has 0 bridgehead atoms. The molecule has 4 rings (SSSR count). The molecule has 3 N–H and O–H groups in total. The SMILES string of the molecule is CCCCCCCCCCC[C@H](CC(=O)N[C@H]1[C@H](OC[C@H](NC(=O)C[C@@H](CCCCCCCCCCC)OC(=O)CCCCCCCCC)C(=O)OCc2ccccc2)O[C@H](CO)[C@@H](OP(=O)(Oc2ccccc2)Oc2ccccc2)[C@@H]1OC(=O)C[C@@H](CCCCCCCCCCC)OC(=O)CCCCCCCCC)OC(=O)CCCCCCCCC. The van der Waals surface area contributed by atoms with Gasteiger partial charge in [0.15, 0.2) is 18.4 Å². The van der Waals surface area contributed by atoms with Crippen LogP contribution in [0.25, 0.3) is 0 Å². The summed E-state index contributed by atoms with van der Waals surface area (Å²) in [7, 11) is -5.08. The molecule has 0 aliphatic carbocycles. The summed E-state index contributed by atoms with van der Waals surface area (Å²) in [6, 6.07) is 21.8. The Balaban J connectivity index is 1.92. The highest BCUT2D eigenvalue weighted by atomic mass is 31.2. The Hall–Kier alpha value is -6.38. The number of amides is 2. The van der Waals surface area contributed by atoms with E-state index in [4.69, 9.17) is 46.7 Å². The molecule has 694 valence electrons. The lowest BCUT2D eigenvalue weighted by molar-refractivity contribution is -0.272. The van der Waals surface area contributed by atoms with Gasteiger partial charge in [0, 0.05) is 19.3 Å². The van der Waals surface area contributed by atoms with Gasteiger partial charge in [-0.15, -0.1) is 0 Å². The summed E-state index contributed by atoms with van der Waals surface area (Å²) in [6.45, 7) is 11.2. The molecule has 122 heavy (non-hydrogen) atoms. The average molecular weight is 1730 g/mol. The van der Waals surface area contributed by atoms with E-state index in [0.29, 0.717) is 63.4 Å². The number of phosphoric ester groups is 1. The van der Waals surface area contributed by atoms with Crippen molar-refractivity contribution in [3.05, 3.63) is 96.6 Å². The Morgan fingerprint density at radius 1 is 0.393 bits per heavy atom. The molecule has 0 radical (unpaired) electrons. The first-order chi connectivity index (χ1) is 59.5. The number of carbonyl (C=O) groups is 7. The van der Waals surface area contributed by atoms with E-state index in [1.807, 2.05) is 6.07 Å². The van der Waals surface area contributed by atoms with Crippen LogP contribution < -0.4 is 19.7 Å². The summed E-state index contributed by atoms with van der Waals surface area (Å²) in [5, 5.41) is 17.7. The molecule has 22 heteroatoms. The number of rotatable bonds is 79. The van der Waals surface area contributed by atoms with Crippen LogP contribution >= 0.6 is 7.82 Å². The molecule has 1 heterocycles. The first-order valence-corrected chi connectivity index (χ1v) is 50.2.